The summed E-state index contributed by atoms with van der Waals surface area (Å²) in [4.78, 5) is 0. The van der Waals surface area contributed by atoms with Crippen LogP contribution in [0.1, 0.15) is 41.1 Å². The lowest BCUT2D eigenvalue weighted by molar-refractivity contribution is 0.611. The molecule has 1 nitrogen and oxygen atoms in total. The molecule has 2 aromatic rings. The molecule has 0 aliphatic carbocycles. The Balaban J connectivity index is 1.89. The molecular formula is C18H23N. The lowest BCUT2D eigenvalue weighted by Gasteiger charge is -2.13. The molecule has 0 heterocycles. The van der Waals surface area contributed by atoms with Gasteiger partial charge in [-0.05, 0) is 44.2 Å². The van der Waals surface area contributed by atoms with E-state index in [9.17, 15) is 0 Å². The van der Waals surface area contributed by atoms with Gasteiger partial charge in [-0.25, -0.2) is 0 Å². The fourth-order valence-corrected chi connectivity index (χ4v) is 2.56. The molecule has 2 rings (SSSR count). The Morgan fingerprint density at radius 1 is 0.947 bits per heavy atom. The minimum atomic E-state index is 0.155. The molecule has 2 aromatic carbocycles. The summed E-state index contributed by atoms with van der Waals surface area (Å²) in [5, 5.41) is 0. The topological polar surface area (TPSA) is 26.0 Å². The van der Waals surface area contributed by atoms with Gasteiger partial charge in [0.15, 0.2) is 0 Å². The molecule has 0 saturated carbocycles. The summed E-state index contributed by atoms with van der Waals surface area (Å²) in [6, 6.07) is 17.4. The van der Waals surface area contributed by atoms with E-state index in [-0.39, 0.29) is 6.04 Å². The Hall–Kier alpha value is -1.60. The van der Waals surface area contributed by atoms with Gasteiger partial charge in [-0.1, -0.05) is 59.7 Å². The molecule has 0 spiro atoms. The van der Waals surface area contributed by atoms with Crippen LogP contribution < -0.4 is 5.73 Å². The van der Waals surface area contributed by atoms with Crippen molar-refractivity contribution >= 4 is 0 Å². The second kappa shape index (κ2) is 6.53. The molecule has 0 amide bonds. The number of rotatable bonds is 5. The monoisotopic (exact) mass is 253 g/mol. The van der Waals surface area contributed by atoms with Gasteiger partial charge in [0.1, 0.15) is 0 Å². The molecule has 0 aromatic heterocycles. The van der Waals surface area contributed by atoms with Crippen LogP contribution in [0.4, 0.5) is 0 Å². The maximum atomic E-state index is 6.30. The van der Waals surface area contributed by atoms with Gasteiger partial charge in [0.05, 0.1) is 0 Å². The molecule has 0 fully saturated rings. The highest BCUT2D eigenvalue weighted by atomic mass is 14.6. The minimum absolute atomic E-state index is 0.155. The first kappa shape index (κ1) is 13.8. The van der Waals surface area contributed by atoms with Crippen molar-refractivity contribution in [1.29, 1.82) is 0 Å². The van der Waals surface area contributed by atoms with Crippen LogP contribution in [0.3, 0.4) is 0 Å². The number of benzene rings is 2. The van der Waals surface area contributed by atoms with E-state index >= 15 is 0 Å². The second-order valence-corrected chi connectivity index (χ2v) is 5.41. The second-order valence-electron chi connectivity index (χ2n) is 5.41. The van der Waals surface area contributed by atoms with Crippen molar-refractivity contribution in [1.82, 2.24) is 0 Å². The van der Waals surface area contributed by atoms with E-state index in [2.05, 4.69) is 62.4 Å². The Labute approximate surface area is 116 Å². The average molecular weight is 253 g/mol. The molecular weight excluding hydrogens is 230 g/mol. The van der Waals surface area contributed by atoms with Crippen LogP contribution >= 0.6 is 0 Å². The maximum absolute atomic E-state index is 6.30. The predicted octanol–water partition coefficient (Wildman–Crippen LogP) is 4.33. The van der Waals surface area contributed by atoms with Crippen LogP contribution in [0, 0.1) is 13.8 Å². The van der Waals surface area contributed by atoms with Gasteiger partial charge in [-0.3, -0.25) is 0 Å². The third-order valence-electron chi connectivity index (χ3n) is 3.50. The minimum Gasteiger partial charge on any atom is -0.324 e. The summed E-state index contributed by atoms with van der Waals surface area (Å²) in [7, 11) is 0. The largest absolute Gasteiger partial charge is 0.324 e. The third-order valence-corrected chi connectivity index (χ3v) is 3.50. The van der Waals surface area contributed by atoms with E-state index in [1.54, 1.807) is 0 Å². The molecule has 0 aliphatic heterocycles. The van der Waals surface area contributed by atoms with E-state index in [4.69, 9.17) is 5.73 Å². The number of hydrogen-bond donors (Lipinski definition) is 1. The normalized spacial score (nSPS) is 12.4. The standard InChI is InChI=1S/C18H23N/c1-14-11-15(2)13-17(12-14)18(19)10-6-9-16-7-4-3-5-8-16/h3-5,7-8,11-13,18H,6,9-10,19H2,1-2H3. The zero-order valence-electron chi connectivity index (χ0n) is 11.9. The average Bonchev–Trinajstić information content (AvgIpc) is 2.38. The highest BCUT2D eigenvalue weighted by Gasteiger charge is 2.07. The van der Waals surface area contributed by atoms with Crippen molar-refractivity contribution < 1.29 is 0 Å². The van der Waals surface area contributed by atoms with E-state index < -0.39 is 0 Å². The highest BCUT2D eigenvalue weighted by Crippen LogP contribution is 2.20. The van der Waals surface area contributed by atoms with Gasteiger partial charge in [-0.15, -0.1) is 0 Å². The van der Waals surface area contributed by atoms with Gasteiger partial charge in [0.25, 0.3) is 0 Å². The fraction of sp³-hybridized carbons (Fsp3) is 0.333. The van der Waals surface area contributed by atoms with E-state index in [1.807, 2.05) is 0 Å². The Morgan fingerprint density at radius 3 is 2.21 bits per heavy atom. The van der Waals surface area contributed by atoms with Crippen molar-refractivity contribution in [2.24, 2.45) is 5.73 Å². The van der Waals surface area contributed by atoms with Gasteiger partial charge >= 0.3 is 0 Å². The molecule has 1 heteroatoms. The first-order valence-corrected chi connectivity index (χ1v) is 7.03. The van der Waals surface area contributed by atoms with Crippen LogP contribution in [0.5, 0.6) is 0 Å². The van der Waals surface area contributed by atoms with Crippen LogP contribution in [0.25, 0.3) is 0 Å². The van der Waals surface area contributed by atoms with Crippen molar-refractivity contribution in [2.75, 3.05) is 0 Å². The van der Waals surface area contributed by atoms with Crippen molar-refractivity contribution in [2.45, 2.75) is 39.2 Å². The van der Waals surface area contributed by atoms with Crippen molar-refractivity contribution in [3.63, 3.8) is 0 Å². The molecule has 0 bridgehead atoms. The summed E-state index contributed by atoms with van der Waals surface area (Å²) < 4.78 is 0. The van der Waals surface area contributed by atoms with Crippen LogP contribution in [-0.4, -0.2) is 0 Å². The zero-order chi connectivity index (χ0) is 13.7. The van der Waals surface area contributed by atoms with Crippen molar-refractivity contribution in [3.05, 3.63) is 70.8 Å². The molecule has 0 saturated heterocycles. The summed E-state index contributed by atoms with van der Waals surface area (Å²) >= 11 is 0. The number of nitrogens with two attached hydrogens (primary N) is 1. The van der Waals surface area contributed by atoms with Gasteiger partial charge in [-0.2, -0.15) is 0 Å². The Kier molecular flexibility index (Phi) is 4.75. The SMILES string of the molecule is Cc1cc(C)cc(C(N)CCCc2ccccc2)c1. The summed E-state index contributed by atoms with van der Waals surface area (Å²) in [5.41, 5.74) is 11.6. The van der Waals surface area contributed by atoms with Gasteiger partial charge < -0.3 is 5.73 Å². The van der Waals surface area contributed by atoms with Crippen molar-refractivity contribution in [3.8, 4) is 0 Å². The molecule has 19 heavy (non-hydrogen) atoms. The van der Waals surface area contributed by atoms with E-state index in [1.165, 1.54) is 22.3 Å². The summed E-state index contributed by atoms with van der Waals surface area (Å²) in [6.07, 6.45) is 3.29. The first-order chi connectivity index (χ1) is 9.15. The van der Waals surface area contributed by atoms with E-state index in [0.717, 1.165) is 19.3 Å². The summed E-state index contributed by atoms with van der Waals surface area (Å²) in [5.74, 6) is 0. The molecule has 0 radical (unpaired) electrons. The van der Waals surface area contributed by atoms with E-state index in [0.29, 0.717) is 0 Å². The molecule has 100 valence electrons. The zero-order valence-corrected chi connectivity index (χ0v) is 11.9. The lowest BCUT2D eigenvalue weighted by atomic mass is 9.97. The number of aryl methyl sites for hydroxylation is 3. The Bertz CT molecular complexity index is 496. The quantitative estimate of drug-likeness (QED) is 0.843. The van der Waals surface area contributed by atoms with Gasteiger partial charge in [0, 0.05) is 6.04 Å². The Morgan fingerprint density at radius 2 is 1.58 bits per heavy atom. The maximum Gasteiger partial charge on any atom is 0.0295 e. The van der Waals surface area contributed by atoms with Crippen LogP contribution in [0.2, 0.25) is 0 Å². The molecule has 0 aliphatic rings. The lowest BCUT2D eigenvalue weighted by Crippen LogP contribution is -2.11. The molecule has 1 unspecified atom stereocenters. The van der Waals surface area contributed by atoms with Gasteiger partial charge in [0.2, 0.25) is 0 Å². The fourth-order valence-electron chi connectivity index (χ4n) is 2.56. The number of hydrogen-bond acceptors (Lipinski definition) is 1. The first-order valence-electron chi connectivity index (χ1n) is 7.03. The molecule has 2 N–H and O–H groups in total. The molecule has 1 atom stereocenters. The predicted molar refractivity (Wildman–Crippen MR) is 82.2 cm³/mol. The smallest absolute Gasteiger partial charge is 0.0295 e. The van der Waals surface area contributed by atoms with Crippen LogP contribution in [-0.2, 0) is 6.42 Å². The third kappa shape index (κ3) is 4.22. The van der Waals surface area contributed by atoms with Crippen LogP contribution in [0.15, 0.2) is 48.5 Å². The highest BCUT2D eigenvalue weighted by molar-refractivity contribution is 5.30. The summed E-state index contributed by atoms with van der Waals surface area (Å²) in [6.45, 7) is 4.26.